The van der Waals surface area contributed by atoms with E-state index in [2.05, 4.69) is 10.6 Å². The summed E-state index contributed by atoms with van der Waals surface area (Å²) in [6.07, 6.45) is -2.77. The quantitative estimate of drug-likeness (QED) is 0.514. The van der Waals surface area contributed by atoms with Gasteiger partial charge in [0.25, 0.3) is 0 Å². The fourth-order valence-electron chi connectivity index (χ4n) is 3.69. The Hall–Kier alpha value is -2.23. The number of halogens is 4. The zero-order valence-electron chi connectivity index (χ0n) is 17.7. The highest BCUT2D eigenvalue weighted by molar-refractivity contribution is 7.91. The second-order valence-corrected chi connectivity index (χ2v) is 10.6. The van der Waals surface area contributed by atoms with Crippen LogP contribution in [0.5, 0.6) is 0 Å². The van der Waals surface area contributed by atoms with Gasteiger partial charge in [0.05, 0.1) is 23.7 Å². The number of ether oxygens (including phenoxy) is 1. The summed E-state index contributed by atoms with van der Waals surface area (Å²) in [5.74, 6) is -3.09. The Morgan fingerprint density at radius 1 is 1.24 bits per heavy atom. The van der Waals surface area contributed by atoms with Crippen LogP contribution in [0.1, 0.15) is 43.7 Å². The molecule has 1 aromatic carbocycles. The molecule has 2 N–H and O–H groups in total. The first-order chi connectivity index (χ1) is 15.4. The second kappa shape index (κ2) is 9.95. The summed E-state index contributed by atoms with van der Waals surface area (Å²) >= 11 is 0. The van der Waals surface area contributed by atoms with E-state index in [0.717, 1.165) is 37.1 Å². The van der Waals surface area contributed by atoms with Gasteiger partial charge < -0.3 is 10.1 Å². The molecule has 1 aromatic rings. The Balaban J connectivity index is 1.84. The van der Waals surface area contributed by atoms with E-state index < -0.39 is 63.0 Å². The molecule has 3 atom stereocenters. The molecule has 1 amide bonds. The number of sulfone groups is 1. The van der Waals surface area contributed by atoms with Gasteiger partial charge in [-0.2, -0.15) is 18.4 Å². The van der Waals surface area contributed by atoms with Gasteiger partial charge in [-0.1, -0.05) is 12.1 Å². The molecule has 12 heteroatoms. The van der Waals surface area contributed by atoms with Gasteiger partial charge in [-0.15, -0.1) is 0 Å². The summed E-state index contributed by atoms with van der Waals surface area (Å²) in [7, 11) is -4.01. The van der Waals surface area contributed by atoms with Crippen molar-refractivity contribution >= 4 is 15.7 Å². The Labute approximate surface area is 189 Å². The summed E-state index contributed by atoms with van der Waals surface area (Å²) in [4.78, 5) is 12.8. The fourth-order valence-corrected chi connectivity index (χ4v) is 5.41. The first kappa shape index (κ1) is 25.4. The lowest BCUT2D eigenvalue weighted by atomic mass is 10.0. The number of nitrogens with one attached hydrogen (secondary N) is 2. The smallest absolute Gasteiger partial charge is 0.377 e. The minimum Gasteiger partial charge on any atom is -0.377 e. The van der Waals surface area contributed by atoms with Crippen LogP contribution in [-0.2, 0) is 19.4 Å². The molecule has 7 nitrogen and oxygen atoms in total. The molecule has 2 fully saturated rings. The molecule has 2 aliphatic rings. The number of carbonyl (C=O) groups is 1. The maximum atomic E-state index is 13.8. The van der Waals surface area contributed by atoms with Crippen LogP contribution in [0.15, 0.2) is 24.3 Å². The topological polar surface area (TPSA) is 108 Å². The van der Waals surface area contributed by atoms with Crippen LogP contribution < -0.4 is 10.6 Å². The Bertz CT molecular complexity index is 982. The highest BCUT2D eigenvalue weighted by Gasteiger charge is 2.48. The maximum absolute atomic E-state index is 13.8. The Kier molecular flexibility index (Phi) is 7.65. The lowest BCUT2D eigenvalue weighted by molar-refractivity contribution is -0.160. The third kappa shape index (κ3) is 7.12. The van der Waals surface area contributed by atoms with Gasteiger partial charge in [-0.3, -0.25) is 10.1 Å². The molecule has 182 valence electrons. The Morgan fingerprint density at radius 3 is 2.42 bits per heavy atom. The number of nitriles is 1. The van der Waals surface area contributed by atoms with Crippen LogP contribution in [0.3, 0.4) is 0 Å². The number of hydrogen-bond acceptors (Lipinski definition) is 6. The lowest BCUT2D eigenvalue weighted by Crippen LogP contribution is -2.54. The summed E-state index contributed by atoms with van der Waals surface area (Å²) < 4.78 is 85.7. The van der Waals surface area contributed by atoms with E-state index in [4.69, 9.17) is 4.74 Å². The van der Waals surface area contributed by atoms with Crippen LogP contribution in [0.25, 0.3) is 0 Å². The molecular weight excluding hydrogens is 466 g/mol. The average Bonchev–Trinajstić information content (AvgIpc) is 3.51. The molecule has 1 saturated carbocycles. The third-order valence-corrected chi connectivity index (χ3v) is 7.40. The standard InChI is InChI=1S/C21H25F4N3O4S/c22-15-6-4-14(5-7-15)18(21(23,24)25)27-17(19(29)28-20(13-26)8-9-20)12-33(30,31)11-16-3-1-2-10-32-16/h4-7,16-18,27H,1-3,8-12H2,(H,28,29)/t16-,17+,18+/m1/s1. The zero-order valence-corrected chi connectivity index (χ0v) is 18.5. The summed E-state index contributed by atoms with van der Waals surface area (Å²) in [5.41, 5.74) is -1.58. The molecule has 1 heterocycles. The molecule has 33 heavy (non-hydrogen) atoms. The number of alkyl halides is 3. The molecule has 0 bridgehead atoms. The van der Waals surface area contributed by atoms with Crippen molar-refractivity contribution in [3.63, 3.8) is 0 Å². The lowest BCUT2D eigenvalue weighted by Gasteiger charge is -2.29. The highest BCUT2D eigenvalue weighted by Crippen LogP contribution is 2.35. The largest absolute Gasteiger partial charge is 0.407 e. The number of carbonyl (C=O) groups excluding carboxylic acids is 1. The molecule has 0 radical (unpaired) electrons. The Morgan fingerprint density at radius 2 is 1.91 bits per heavy atom. The molecule has 0 spiro atoms. The van der Waals surface area contributed by atoms with Crippen LogP contribution >= 0.6 is 0 Å². The molecule has 0 unspecified atom stereocenters. The predicted molar refractivity (Wildman–Crippen MR) is 110 cm³/mol. The van der Waals surface area contributed by atoms with Crippen molar-refractivity contribution in [1.29, 1.82) is 5.26 Å². The van der Waals surface area contributed by atoms with E-state index in [0.29, 0.717) is 25.9 Å². The number of amides is 1. The van der Waals surface area contributed by atoms with E-state index in [-0.39, 0.29) is 5.56 Å². The van der Waals surface area contributed by atoms with E-state index in [1.807, 2.05) is 6.07 Å². The summed E-state index contributed by atoms with van der Waals surface area (Å²) in [6.45, 7) is 0.397. The zero-order chi connectivity index (χ0) is 24.3. The van der Waals surface area contributed by atoms with Gasteiger partial charge in [0.2, 0.25) is 5.91 Å². The fraction of sp³-hybridized carbons (Fsp3) is 0.619. The average molecular weight is 492 g/mol. The van der Waals surface area contributed by atoms with Crippen molar-refractivity contribution in [3.05, 3.63) is 35.6 Å². The van der Waals surface area contributed by atoms with Crippen LogP contribution in [-0.4, -0.2) is 56.3 Å². The number of rotatable bonds is 9. The second-order valence-electron chi connectivity index (χ2n) is 8.49. The van der Waals surface area contributed by atoms with E-state index in [1.165, 1.54) is 0 Å². The van der Waals surface area contributed by atoms with Gasteiger partial charge in [0, 0.05) is 6.61 Å². The molecule has 3 rings (SSSR count). The first-order valence-electron chi connectivity index (χ1n) is 10.6. The van der Waals surface area contributed by atoms with Gasteiger partial charge >= 0.3 is 6.18 Å². The minimum absolute atomic E-state index is 0.325. The van der Waals surface area contributed by atoms with Gasteiger partial charge in [-0.25, -0.2) is 12.8 Å². The van der Waals surface area contributed by atoms with Gasteiger partial charge in [-0.05, 0) is 49.8 Å². The molecule has 1 saturated heterocycles. The monoisotopic (exact) mass is 491 g/mol. The molecule has 0 aromatic heterocycles. The van der Waals surface area contributed by atoms with Crippen molar-refractivity contribution < 1.29 is 35.5 Å². The van der Waals surface area contributed by atoms with Gasteiger partial charge in [0.15, 0.2) is 9.84 Å². The number of benzene rings is 1. The minimum atomic E-state index is -4.90. The van der Waals surface area contributed by atoms with Crippen molar-refractivity contribution in [2.24, 2.45) is 0 Å². The van der Waals surface area contributed by atoms with Crippen molar-refractivity contribution in [3.8, 4) is 6.07 Å². The molecule has 1 aliphatic carbocycles. The molecular formula is C21H25F4N3O4S. The summed E-state index contributed by atoms with van der Waals surface area (Å²) in [6, 6.07) is 1.20. The van der Waals surface area contributed by atoms with Crippen molar-refractivity contribution in [2.75, 3.05) is 18.1 Å². The van der Waals surface area contributed by atoms with Crippen LogP contribution in [0.4, 0.5) is 17.6 Å². The van der Waals surface area contributed by atoms with Crippen LogP contribution in [0.2, 0.25) is 0 Å². The van der Waals surface area contributed by atoms with Crippen molar-refractivity contribution in [2.45, 2.75) is 62.0 Å². The highest BCUT2D eigenvalue weighted by atomic mass is 32.2. The van der Waals surface area contributed by atoms with E-state index >= 15 is 0 Å². The molecule has 1 aliphatic heterocycles. The van der Waals surface area contributed by atoms with E-state index in [1.54, 1.807) is 0 Å². The first-order valence-corrected chi connectivity index (χ1v) is 12.4. The van der Waals surface area contributed by atoms with Crippen molar-refractivity contribution in [1.82, 2.24) is 10.6 Å². The summed E-state index contributed by atoms with van der Waals surface area (Å²) in [5, 5.41) is 13.7. The normalized spacial score (nSPS) is 22.1. The van der Waals surface area contributed by atoms with E-state index in [9.17, 15) is 36.0 Å². The number of nitrogens with zero attached hydrogens (tertiary/aromatic N) is 1. The number of hydrogen-bond donors (Lipinski definition) is 2. The van der Waals surface area contributed by atoms with Gasteiger partial charge in [0.1, 0.15) is 23.4 Å². The third-order valence-electron chi connectivity index (χ3n) is 5.68. The SMILES string of the molecule is N#CC1(NC(=O)[C@H](CS(=O)(=O)C[C@H]2CCCCO2)N[C@@H](c2ccc(F)cc2)C(F)(F)F)CC1. The van der Waals surface area contributed by atoms with Crippen LogP contribution in [0, 0.1) is 17.1 Å². The predicted octanol–water partition coefficient (Wildman–Crippen LogP) is 2.54. The maximum Gasteiger partial charge on any atom is 0.407 e.